The van der Waals surface area contributed by atoms with E-state index in [1.807, 2.05) is 12.1 Å². The number of nitrogens with zero attached hydrogens (tertiary/aromatic N) is 3. The summed E-state index contributed by atoms with van der Waals surface area (Å²) in [6.07, 6.45) is 5.04. The van der Waals surface area contributed by atoms with Crippen LogP contribution in [0.5, 0.6) is 0 Å². The lowest BCUT2D eigenvalue weighted by atomic mass is 10.1. The third-order valence-electron chi connectivity index (χ3n) is 5.38. The first-order valence-corrected chi connectivity index (χ1v) is 12.4. The van der Waals surface area contributed by atoms with Crippen molar-refractivity contribution >= 4 is 55.1 Å². The van der Waals surface area contributed by atoms with Gasteiger partial charge in [0.05, 0.1) is 17.0 Å². The van der Waals surface area contributed by atoms with Crippen LogP contribution in [0.25, 0.3) is 15.7 Å². The van der Waals surface area contributed by atoms with E-state index in [2.05, 4.69) is 30.2 Å². The summed E-state index contributed by atoms with van der Waals surface area (Å²) in [6.45, 7) is 7.27. The Balaban J connectivity index is 1.34. The molecule has 8 nitrogen and oxygen atoms in total. The normalized spacial score (nSPS) is 11.0. The zero-order valence-corrected chi connectivity index (χ0v) is 19.7. The summed E-state index contributed by atoms with van der Waals surface area (Å²) >= 11 is 0. The van der Waals surface area contributed by atoms with Crippen molar-refractivity contribution in [3.8, 4) is 0 Å². The van der Waals surface area contributed by atoms with Crippen LogP contribution < -0.4 is 15.4 Å². The lowest BCUT2D eigenvalue weighted by molar-refractivity contribution is 0.601. The van der Waals surface area contributed by atoms with Crippen molar-refractivity contribution in [1.29, 1.82) is 0 Å². The minimum Gasteiger partial charge on any atom is -0.355 e. The molecule has 0 aliphatic rings. The predicted molar refractivity (Wildman–Crippen MR) is 142 cm³/mol. The highest BCUT2D eigenvalue weighted by Crippen LogP contribution is 2.30. The second kappa shape index (κ2) is 9.74. The Bertz CT molecular complexity index is 1680. The molecule has 0 atom stereocenters. The van der Waals surface area contributed by atoms with E-state index in [1.165, 1.54) is 6.07 Å². The average Bonchev–Trinajstić information content (AvgIpc) is 2.90. The van der Waals surface area contributed by atoms with Crippen molar-refractivity contribution in [2.24, 2.45) is 0 Å². The summed E-state index contributed by atoms with van der Waals surface area (Å²) < 4.78 is 28.8. The third-order valence-corrected chi connectivity index (χ3v) is 6.76. The summed E-state index contributed by atoms with van der Waals surface area (Å²) in [7, 11) is -3.82. The van der Waals surface area contributed by atoms with Crippen LogP contribution in [0.4, 0.5) is 34.1 Å². The number of sulfonamides is 1. The Morgan fingerprint density at radius 1 is 0.722 bits per heavy atom. The number of benzene rings is 3. The standard InChI is InChI=1S/C27H20N6O2S/c1-28-22-9-10-26-25(18-22)27(13-16-30-26)32-23-3-2-4-24(17-23)36(34,35)33-21-7-5-19(6-8-21)31-20-11-14-29-15-12-20/h2-18,33H,(H,29,31)(H,30,32). The third kappa shape index (κ3) is 5.09. The van der Waals surface area contributed by atoms with Crippen molar-refractivity contribution in [1.82, 2.24) is 9.97 Å². The minimum atomic E-state index is -3.82. The summed E-state index contributed by atoms with van der Waals surface area (Å²) in [5.74, 6) is 0. The van der Waals surface area contributed by atoms with E-state index in [9.17, 15) is 8.42 Å². The van der Waals surface area contributed by atoms with Crippen LogP contribution in [0.3, 0.4) is 0 Å². The molecular weight excluding hydrogens is 472 g/mol. The monoisotopic (exact) mass is 492 g/mol. The quantitative estimate of drug-likeness (QED) is 0.225. The molecule has 0 bridgehead atoms. The topological polar surface area (TPSA) is 100 Å². The first-order chi connectivity index (χ1) is 17.5. The van der Waals surface area contributed by atoms with Gasteiger partial charge in [0.25, 0.3) is 10.0 Å². The summed E-state index contributed by atoms with van der Waals surface area (Å²) in [4.78, 5) is 11.9. The summed E-state index contributed by atoms with van der Waals surface area (Å²) in [5, 5.41) is 7.26. The molecule has 0 fully saturated rings. The van der Waals surface area contributed by atoms with Gasteiger partial charge in [-0.1, -0.05) is 12.1 Å². The number of nitrogens with one attached hydrogen (secondary N) is 3. The van der Waals surface area contributed by atoms with Crippen LogP contribution in [-0.4, -0.2) is 18.4 Å². The van der Waals surface area contributed by atoms with Gasteiger partial charge >= 0.3 is 0 Å². The molecule has 176 valence electrons. The molecule has 0 aliphatic heterocycles. The average molecular weight is 493 g/mol. The number of fused-ring (bicyclic) bond motifs is 1. The van der Waals surface area contributed by atoms with E-state index in [-0.39, 0.29) is 4.90 Å². The van der Waals surface area contributed by atoms with Gasteiger partial charge in [0, 0.05) is 52.4 Å². The SMILES string of the molecule is [C-]#[N+]c1ccc2nccc(Nc3cccc(S(=O)(=O)Nc4ccc(Nc5ccncc5)cc4)c3)c2c1. The lowest BCUT2D eigenvalue weighted by Gasteiger charge is -2.13. The fourth-order valence-corrected chi connectivity index (χ4v) is 4.75. The number of rotatable bonds is 7. The molecule has 0 unspecified atom stereocenters. The molecule has 0 spiro atoms. The highest BCUT2D eigenvalue weighted by atomic mass is 32.2. The van der Waals surface area contributed by atoms with Crippen molar-refractivity contribution < 1.29 is 8.42 Å². The maximum Gasteiger partial charge on any atom is 0.261 e. The minimum absolute atomic E-state index is 0.117. The molecule has 5 aromatic rings. The van der Waals surface area contributed by atoms with Gasteiger partial charge in [-0.05, 0) is 72.8 Å². The van der Waals surface area contributed by atoms with Gasteiger partial charge in [-0.25, -0.2) is 13.3 Å². The molecule has 5 rings (SSSR count). The van der Waals surface area contributed by atoms with Gasteiger partial charge in [0.1, 0.15) is 0 Å². The summed E-state index contributed by atoms with van der Waals surface area (Å²) in [5.41, 5.74) is 4.71. The van der Waals surface area contributed by atoms with Gasteiger partial charge in [-0.3, -0.25) is 14.7 Å². The van der Waals surface area contributed by atoms with Crippen LogP contribution in [0.15, 0.2) is 108 Å². The van der Waals surface area contributed by atoms with Crippen molar-refractivity contribution in [3.05, 3.63) is 115 Å². The fraction of sp³-hybridized carbons (Fsp3) is 0. The fourth-order valence-electron chi connectivity index (χ4n) is 3.65. The maximum atomic E-state index is 13.1. The summed E-state index contributed by atoms with van der Waals surface area (Å²) in [6, 6.07) is 24.3. The number of anilines is 5. The van der Waals surface area contributed by atoms with Gasteiger partial charge in [-0.15, -0.1) is 0 Å². The second-order valence-corrected chi connectivity index (χ2v) is 9.55. The number of pyridine rings is 2. The molecule has 3 aromatic carbocycles. The van der Waals surface area contributed by atoms with Crippen LogP contribution in [0, 0.1) is 6.57 Å². The first-order valence-electron chi connectivity index (χ1n) is 10.9. The number of hydrogen-bond donors (Lipinski definition) is 3. The van der Waals surface area contributed by atoms with Crippen LogP contribution in [0.1, 0.15) is 0 Å². The molecule has 9 heteroatoms. The van der Waals surface area contributed by atoms with Crippen LogP contribution >= 0.6 is 0 Å². The Morgan fingerprint density at radius 2 is 1.47 bits per heavy atom. The maximum absolute atomic E-state index is 13.1. The van der Waals surface area contributed by atoms with Crippen molar-refractivity contribution in [2.45, 2.75) is 4.90 Å². The van der Waals surface area contributed by atoms with Gasteiger partial charge in [0.15, 0.2) is 5.69 Å². The molecule has 0 aliphatic carbocycles. The molecule has 0 saturated heterocycles. The van der Waals surface area contributed by atoms with E-state index in [0.29, 0.717) is 17.1 Å². The van der Waals surface area contributed by atoms with Crippen LogP contribution in [-0.2, 0) is 10.0 Å². The van der Waals surface area contributed by atoms with E-state index in [4.69, 9.17) is 6.57 Å². The number of hydrogen-bond acceptors (Lipinski definition) is 6. The van der Waals surface area contributed by atoms with Gasteiger partial charge < -0.3 is 10.6 Å². The highest BCUT2D eigenvalue weighted by Gasteiger charge is 2.15. The van der Waals surface area contributed by atoms with E-state index < -0.39 is 10.0 Å². The van der Waals surface area contributed by atoms with Crippen molar-refractivity contribution in [3.63, 3.8) is 0 Å². The first kappa shape index (κ1) is 22.8. The molecule has 3 N–H and O–H groups in total. The predicted octanol–water partition coefficient (Wildman–Crippen LogP) is 6.47. The highest BCUT2D eigenvalue weighted by molar-refractivity contribution is 7.92. The zero-order chi connectivity index (χ0) is 25.0. The lowest BCUT2D eigenvalue weighted by Crippen LogP contribution is -2.13. The Kier molecular flexibility index (Phi) is 6.18. The van der Waals surface area contributed by atoms with Gasteiger partial charge in [0.2, 0.25) is 0 Å². The molecular formula is C27H20N6O2S. The molecule has 36 heavy (non-hydrogen) atoms. The number of aromatic nitrogens is 2. The molecule has 0 saturated carbocycles. The Labute approximate surface area is 208 Å². The zero-order valence-electron chi connectivity index (χ0n) is 18.9. The molecule has 2 aromatic heterocycles. The molecule has 0 radical (unpaired) electrons. The van der Waals surface area contributed by atoms with Gasteiger partial charge in [-0.2, -0.15) is 0 Å². The smallest absolute Gasteiger partial charge is 0.261 e. The molecule has 2 heterocycles. The Hall–Kier alpha value is -4.94. The second-order valence-electron chi connectivity index (χ2n) is 7.87. The van der Waals surface area contributed by atoms with E-state index in [0.717, 1.165) is 28.0 Å². The van der Waals surface area contributed by atoms with Crippen LogP contribution in [0.2, 0.25) is 0 Å². The Morgan fingerprint density at radius 3 is 2.25 bits per heavy atom. The van der Waals surface area contributed by atoms with E-state index >= 15 is 0 Å². The van der Waals surface area contributed by atoms with Crippen molar-refractivity contribution in [2.75, 3.05) is 15.4 Å². The molecule has 0 amide bonds. The van der Waals surface area contributed by atoms with E-state index in [1.54, 1.807) is 85.3 Å². The largest absolute Gasteiger partial charge is 0.355 e.